The number of carbonyl (C=O) groups excluding carboxylic acids is 3. The lowest BCUT2D eigenvalue weighted by molar-refractivity contribution is -0.134. The number of hydrogen-bond donors (Lipinski definition) is 3. The van der Waals surface area contributed by atoms with E-state index in [1.807, 2.05) is 0 Å². The smallest absolute Gasteiger partial charge is 0.252 e. The molecule has 0 saturated carbocycles. The molecule has 1 heterocycles. The lowest BCUT2D eigenvalue weighted by Crippen LogP contribution is -2.52. The Labute approximate surface area is 124 Å². The standard InChI is InChI=1S/C12H11Cl2N3O3/c13-6-3-5(4-7(15)10(6)14)11(19)16-8-1-2-9(18)17-12(8)20/h3-4,8H,1-2,15H2,(H,16,19)(H,17,18,20). The van der Waals surface area contributed by atoms with Crippen molar-refractivity contribution in [2.75, 3.05) is 5.73 Å². The third-order valence-electron chi connectivity index (χ3n) is 2.86. The number of carbonyl (C=O) groups is 3. The van der Waals surface area contributed by atoms with Crippen molar-refractivity contribution in [3.8, 4) is 0 Å². The number of rotatable bonds is 2. The fourth-order valence-electron chi connectivity index (χ4n) is 1.81. The van der Waals surface area contributed by atoms with Crippen molar-refractivity contribution in [3.63, 3.8) is 0 Å². The summed E-state index contributed by atoms with van der Waals surface area (Å²) in [6.45, 7) is 0. The predicted octanol–water partition coefficient (Wildman–Crippen LogP) is 1.11. The van der Waals surface area contributed by atoms with Gasteiger partial charge in [-0.1, -0.05) is 23.2 Å². The summed E-state index contributed by atoms with van der Waals surface area (Å²) in [6.07, 6.45) is 0.438. The molecule has 6 nitrogen and oxygen atoms in total. The molecule has 1 aromatic rings. The fraction of sp³-hybridized carbons (Fsp3) is 0.250. The minimum Gasteiger partial charge on any atom is -0.397 e. The van der Waals surface area contributed by atoms with Crippen molar-refractivity contribution >= 4 is 46.6 Å². The van der Waals surface area contributed by atoms with Gasteiger partial charge in [0.2, 0.25) is 11.8 Å². The van der Waals surface area contributed by atoms with Crippen LogP contribution in [0.2, 0.25) is 10.0 Å². The van der Waals surface area contributed by atoms with Crippen LogP contribution in [0.5, 0.6) is 0 Å². The van der Waals surface area contributed by atoms with Crippen LogP contribution in [0.25, 0.3) is 0 Å². The van der Waals surface area contributed by atoms with Gasteiger partial charge in [-0.2, -0.15) is 0 Å². The van der Waals surface area contributed by atoms with Gasteiger partial charge in [0.15, 0.2) is 0 Å². The van der Waals surface area contributed by atoms with Gasteiger partial charge in [-0.25, -0.2) is 0 Å². The zero-order chi connectivity index (χ0) is 14.9. The Hall–Kier alpha value is -1.79. The maximum Gasteiger partial charge on any atom is 0.252 e. The number of benzene rings is 1. The maximum absolute atomic E-state index is 12.0. The third-order valence-corrected chi connectivity index (χ3v) is 3.68. The summed E-state index contributed by atoms with van der Waals surface area (Å²) in [5.74, 6) is -1.38. The summed E-state index contributed by atoms with van der Waals surface area (Å²) >= 11 is 11.6. The molecule has 2 rings (SSSR count). The van der Waals surface area contributed by atoms with Gasteiger partial charge in [0.25, 0.3) is 5.91 Å². The van der Waals surface area contributed by atoms with Crippen molar-refractivity contribution in [3.05, 3.63) is 27.7 Å². The highest BCUT2D eigenvalue weighted by Gasteiger charge is 2.28. The molecular weight excluding hydrogens is 305 g/mol. The van der Waals surface area contributed by atoms with Crippen molar-refractivity contribution in [2.24, 2.45) is 0 Å². The number of halogens is 2. The predicted molar refractivity (Wildman–Crippen MR) is 74.5 cm³/mol. The normalized spacial score (nSPS) is 18.6. The molecule has 1 fully saturated rings. The van der Waals surface area contributed by atoms with Crippen LogP contribution in [-0.2, 0) is 9.59 Å². The van der Waals surface area contributed by atoms with E-state index < -0.39 is 17.9 Å². The van der Waals surface area contributed by atoms with Gasteiger partial charge in [-0.05, 0) is 18.6 Å². The second kappa shape index (κ2) is 5.68. The van der Waals surface area contributed by atoms with Crippen LogP contribution in [0.3, 0.4) is 0 Å². The van der Waals surface area contributed by atoms with E-state index in [-0.39, 0.29) is 40.0 Å². The summed E-state index contributed by atoms with van der Waals surface area (Å²) in [5, 5.41) is 5.00. The van der Waals surface area contributed by atoms with Crippen molar-refractivity contribution < 1.29 is 14.4 Å². The summed E-state index contributed by atoms with van der Waals surface area (Å²) in [4.78, 5) is 34.6. The molecule has 1 aliphatic heterocycles. The molecule has 1 aliphatic rings. The van der Waals surface area contributed by atoms with E-state index in [4.69, 9.17) is 28.9 Å². The van der Waals surface area contributed by atoms with Crippen LogP contribution in [0.1, 0.15) is 23.2 Å². The molecule has 1 unspecified atom stereocenters. The van der Waals surface area contributed by atoms with Gasteiger partial charge >= 0.3 is 0 Å². The molecule has 0 radical (unpaired) electrons. The Morgan fingerprint density at radius 3 is 2.65 bits per heavy atom. The van der Waals surface area contributed by atoms with E-state index in [0.717, 1.165) is 0 Å². The molecule has 0 spiro atoms. The second-order valence-corrected chi connectivity index (χ2v) is 5.12. The third kappa shape index (κ3) is 3.02. The van der Waals surface area contributed by atoms with Crippen LogP contribution in [0.4, 0.5) is 5.69 Å². The second-order valence-electron chi connectivity index (χ2n) is 4.34. The molecule has 0 bridgehead atoms. The average Bonchev–Trinajstić information content (AvgIpc) is 2.38. The Morgan fingerprint density at radius 2 is 2.05 bits per heavy atom. The zero-order valence-corrected chi connectivity index (χ0v) is 11.7. The summed E-state index contributed by atoms with van der Waals surface area (Å²) in [7, 11) is 0. The van der Waals surface area contributed by atoms with Crippen LogP contribution in [0.15, 0.2) is 12.1 Å². The van der Waals surface area contributed by atoms with Gasteiger partial charge in [-0.15, -0.1) is 0 Å². The Morgan fingerprint density at radius 1 is 1.35 bits per heavy atom. The van der Waals surface area contributed by atoms with E-state index in [1.54, 1.807) is 0 Å². The van der Waals surface area contributed by atoms with Crippen molar-refractivity contribution in [1.29, 1.82) is 0 Å². The molecular formula is C12H11Cl2N3O3. The molecule has 20 heavy (non-hydrogen) atoms. The molecule has 1 atom stereocenters. The number of imide groups is 1. The molecule has 106 valence electrons. The Kier molecular flexibility index (Phi) is 4.15. The first kappa shape index (κ1) is 14.6. The van der Waals surface area contributed by atoms with Crippen LogP contribution >= 0.6 is 23.2 Å². The molecule has 1 saturated heterocycles. The SMILES string of the molecule is Nc1cc(C(=O)NC2CCC(=O)NC2=O)cc(Cl)c1Cl. The highest BCUT2D eigenvalue weighted by atomic mass is 35.5. The first-order valence-electron chi connectivity index (χ1n) is 5.77. The molecule has 4 N–H and O–H groups in total. The molecule has 1 aromatic carbocycles. The van der Waals surface area contributed by atoms with E-state index in [2.05, 4.69) is 10.6 Å². The minimum absolute atomic E-state index is 0.153. The largest absolute Gasteiger partial charge is 0.397 e. The number of piperidine rings is 1. The number of hydrogen-bond acceptors (Lipinski definition) is 4. The van der Waals surface area contributed by atoms with E-state index >= 15 is 0 Å². The first-order chi connectivity index (χ1) is 9.38. The van der Waals surface area contributed by atoms with Gasteiger partial charge < -0.3 is 11.1 Å². The van der Waals surface area contributed by atoms with Crippen LogP contribution in [0, 0.1) is 0 Å². The lowest BCUT2D eigenvalue weighted by atomic mass is 10.1. The summed E-state index contributed by atoms with van der Waals surface area (Å²) in [6, 6.07) is 1.98. The molecule has 8 heteroatoms. The highest BCUT2D eigenvalue weighted by molar-refractivity contribution is 6.43. The van der Waals surface area contributed by atoms with E-state index in [9.17, 15) is 14.4 Å². The molecule has 0 aromatic heterocycles. The Bertz CT molecular complexity index is 581. The number of nitrogens with two attached hydrogens (primary N) is 1. The lowest BCUT2D eigenvalue weighted by Gasteiger charge is -2.21. The first-order valence-corrected chi connectivity index (χ1v) is 6.53. The summed E-state index contributed by atoms with van der Waals surface area (Å²) in [5.41, 5.74) is 5.99. The molecule has 0 aliphatic carbocycles. The summed E-state index contributed by atoms with van der Waals surface area (Å²) < 4.78 is 0. The Balaban J connectivity index is 2.13. The van der Waals surface area contributed by atoms with E-state index in [0.29, 0.717) is 0 Å². The van der Waals surface area contributed by atoms with Crippen LogP contribution < -0.4 is 16.4 Å². The number of amides is 3. The maximum atomic E-state index is 12.0. The molecule has 3 amide bonds. The van der Waals surface area contributed by atoms with Gasteiger partial charge in [0.1, 0.15) is 6.04 Å². The number of nitrogens with one attached hydrogen (secondary N) is 2. The zero-order valence-electron chi connectivity index (χ0n) is 10.2. The topological polar surface area (TPSA) is 101 Å². The highest BCUT2D eigenvalue weighted by Crippen LogP contribution is 2.29. The monoisotopic (exact) mass is 315 g/mol. The van der Waals surface area contributed by atoms with Crippen LogP contribution in [-0.4, -0.2) is 23.8 Å². The van der Waals surface area contributed by atoms with Gasteiger partial charge in [0, 0.05) is 12.0 Å². The van der Waals surface area contributed by atoms with Crippen molar-refractivity contribution in [2.45, 2.75) is 18.9 Å². The van der Waals surface area contributed by atoms with Gasteiger partial charge in [-0.3, -0.25) is 19.7 Å². The quantitative estimate of drug-likeness (QED) is 0.562. The van der Waals surface area contributed by atoms with Gasteiger partial charge in [0.05, 0.1) is 15.7 Å². The van der Waals surface area contributed by atoms with E-state index in [1.165, 1.54) is 12.1 Å². The average molecular weight is 316 g/mol. The fourth-order valence-corrected chi connectivity index (χ4v) is 2.15. The number of anilines is 1. The number of nitrogen functional groups attached to an aromatic ring is 1. The van der Waals surface area contributed by atoms with Crippen molar-refractivity contribution in [1.82, 2.24) is 10.6 Å². The minimum atomic E-state index is -0.754.